The number of hydrogen-bond acceptors (Lipinski definition) is 5. The Labute approximate surface area is 181 Å². The van der Waals surface area contributed by atoms with Crippen molar-refractivity contribution in [2.45, 2.75) is 25.2 Å². The fourth-order valence-electron chi connectivity index (χ4n) is 4.09. The minimum Gasteiger partial charge on any atom is -0.354 e. The Kier molecular flexibility index (Phi) is 6.17. The number of benzene rings is 1. The number of pyridine rings is 1. The Bertz CT molecular complexity index is 1140. The number of amides is 1. The highest BCUT2D eigenvalue weighted by molar-refractivity contribution is 7.89. The van der Waals surface area contributed by atoms with Crippen LogP contribution in [-0.2, 0) is 16.4 Å². The number of sulfonamides is 1. The summed E-state index contributed by atoms with van der Waals surface area (Å²) in [7, 11) is -1.71. The molecule has 2 aromatic heterocycles. The molecule has 1 amide bonds. The summed E-state index contributed by atoms with van der Waals surface area (Å²) in [5.41, 5.74) is 2.09. The maximum atomic E-state index is 12.9. The number of nitrogens with one attached hydrogen (secondary N) is 1. The van der Waals surface area contributed by atoms with Crippen molar-refractivity contribution in [2.75, 3.05) is 25.9 Å². The molecule has 1 aliphatic rings. The maximum absolute atomic E-state index is 12.9. The van der Waals surface area contributed by atoms with E-state index in [1.807, 2.05) is 42.5 Å². The van der Waals surface area contributed by atoms with E-state index in [9.17, 15) is 13.2 Å². The number of fused-ring (bicyclic) bond motifs is 1. The molecule has 0 spiro atoms. The zero-order valence-electron chi connectivity index (χ0n) is 16.9. The van der Waals surface area contributed by atoms with Crippen molar-refractivity contribution >= 4 is 37.5 Å². The van der Waals surface area contributed by atoms with Crippen molar-refractivity contribution in [3.8, 4) is 0 Å². The molecule has 8 heteroatoms. The van der Waals surface area contributed by atoms with Crippen LogP contribution in [-0.4, -0.2) is 49.5 Å². The van der Waals surface area contributed by atoms with Crippen LogP contribution >= 0.6 is 11.3 Å². The third-order valence-electron chi connectivity index (χ3n) is 5.60. The molecule has 1 saturated heterocycles. The fraction of sp³-hybridized carbons (Fsp3) is 0.364. The van der Waals surface area contributed by atoms with Gasteiger partial charge >= 0.3 is 0 Å². The summed E-state index contributed by atoms with van der Waals surface area (Å²) >= 11 is 1.37. The van der Waals surface area contributed by atoms with E-state index in [1.165, 1.54) is 11.3 Å². The van der Waals surface area contributed by atoms with E-state index in [4.69, 9.17) is 0 Å². The molecule has 158 valence electrons. The Hall–Kier alpha value is -2.29. The predicted molar refractivity (Wildman–Crippen MR) is 120 cm³/mol. The van der Waals surface area contributed by atoms with Crippen LogP contribution in [0.3, 0.4) is 0 Å². The summed E-state index contributed by atoms with van der Waals surface area (Å²) in [6.45, 7) is 0.904. The molecule has 30 heavy (non-hydrogen) atoms. The van der Waals surface area contributed by atoms with Crippen molar-refractivity contribution < 1.29 is 13.2 Å². The first-order valence-corrected chi connectivity index (χ1v) is 12.5. The van der Waals surface area contributed by atoms with Crippen molar-refractivity contribution in [3.05, 3.63) is 64.7 Å². The van der Waals surface area contributed by atoms with Gasteiger partial charge in [-0.2, -0.15) is 0 Å². The van der Waals surface area contributed by atoms with Gasteiger partial charge in [0.25, 0.3) is 5.91 Å². The molecule has 1 unspecified atom stereocenters. The number of carbonyl (C=O) groups is 1. The summed E-state index contributed by atoms with van der Waals surface area (Å²) in [6.07, 6.45) is 3.78. The van der Waals surface area contributed by atoms with Gasteiger partial charge in [0.2, 0.25) is 10.0 Å². The average Bonchev–Trinajstić information content (AvgIpc) is 3.39. The highest BCUT2D eigenvalue weighted by Gasteiger charge is 2.35. The summed E-state index contributed by atoms with van der Waals surface area (Å²) in [6, 6.07) is 13.8. The first-order valence-electron chi connectivity index (χ1n) is 10.1. The first kappa shape index (κ1) is 21.0. The van der Waals surface area contributed by atoms with Gasteiger partial charge < -0.3 is 5.32 Å². The zero-order valence-corrected chi connectivity index (χ0v) is 18.5. The first-order chi connectivity index (χ1) is 14.5. The number of aryl methyl sites for hydroxylation is 1. The number of nitrogens with zero attached hydrogens (tertiary/aromatic N) is 2. The van der Waals surface area contributed by atoms with Gasteiger partial charge in [0.1, 0.15) is 4.83 Å². The van der Waals surface area contributed by atoms with Gasteiger partial charge in [-0.25, -0.2) is 17.7 Å². The van der Waals surface area contributed by atoms with Gasteiger partial charge in [0, 0.05) is 37.6 Å². The number of aromatic nitrogens is 1. The molecule has 1 atom stereocenters. The fourth-order valence-corrected chi connectivity index (χ4v) is 6.82. The second kappa shape index (κ2) is 8.83. The predicted octanol–water partition coefficient (Wildman–Crippen LogP) is 3.41. The van der Waals surface area contributed by atoms with Crippen molar-refractivity contribution in [2.24, 2.45) is 0 Å². The summed E-state index contributed by atoms with van der Waals surface area (Å²) < 4.78 is 27.4. The van der Waals surface area contributed by atoms with Gasteiger partial charge in [0.05, 0.1) is 10.6 Å². The van der Waals surface area contributed by atoms with E-state index < -0.39 is 10.0 Å². The lowest BCUT2D eigenvalue weighted by atomic mass is 9.95. The molecule has 1 N–H and O–H groups in total. The van der Waals surface area contributed by atoms with Crippen LogP contribution in [0.1, 0.15) is 39.6 Å². The van der Waals surface area contributed by atoms with E-state index in [-0.39, 0.29) is 17.6 Å². The van der Waals surface area contributed by atoms with E-state index in [1.54, 1.807) is 17.5 Å². The summed E-state index contributed by atoms with van der Waals surface area (Å²) in [4.78, 5) is 18.3. The molecule has 1 fully saturated rings. The average molecular weight is 444 g/mol. The molecule has 0 saturated carbocycles. The number of thiophene rings is 1. The van der Waals surface area contributed by atoms with E-state index >= 15 is 0 Å². The SMILES string of the molecule is CNC(=O)c1sc2ncccc2c1C1CCN(S(=O)(=O)CCCc2ccccc2)C1. The lowest BCUT2D eigenvalue weighted by Gasteiger charge is -2.17. The maximum Gasteiger partial charge on any atom is 0.261 e. The van der Waals surface area contributed by atoms with Crippen molar-refractivity contribution in [3.63, 3.8) is 0 Å². The molecular weight excluding hydrogens is 418 g/mol. The molecule has 0 aliphatic carbocycles. The van der Waals surface area contributed by atoms with Gasteiger partial charge in [-0.1, -0.05) is 36.4 Å². The zero-order chi connectivity index (χ0) is 21.1. The highest BCUT2D eigenvalue weighted by atomic mass is 32.2. The highest BCUT2D eigenvalue weighted by Crippen LogP contribution is 2.40. The van der Waals surface area contributed by atoms with Gasteiger partial charge in [-0.3, -0.25) is 4.79 Å². The smallest absolute Gasteiger partial charge is 0.261 e. The molecular formula is C22H25N3O3S2. The van der Waals surface area contributed by atoms with Crippen LogP contribution in [0, 0.1) is 0 Å². The van der Waals surface area contributed by atoms with Crippen LogP contribution in [0.15, 0.2) is 48.7 Å². The van der Waals surface area contributed by atoms with Crippen molar-refractivity contribution in [1.29, 1.82) is 0 Å². The number of hydrogen-bond donors (Lipinski definition) is 1. The summed E-state index contributed by atoms with van der Waals surface area (Å²) in [5.74, 6) is -0.000576. The number of rotatable bonds is 7. The molecule has 3 aromatic rings. The Morgan fingerprint density at radius 3 is 2.80 bits per heavy atom. The monoisotopic (exact) mass is 443 g/mol. The Morgan fingerprint density at radius 2 is 2.03 bits per heavy atom. The number of carbonyl (C=O) groups excluding carboxylic acids is 1. The molecule has 4 rings (SSSR count). The molecule has 3 heterocycles. The van der Waals surface area contributed by atoms with Crippen molar-refractivity contribution in [1.82, 2.24) is 14.6 Å². The van der Waals surface area contributed by atoms with Crippen LogP contribution in [0.2, 0.25) is 0 Å². The second-order valence-electron chi connectivity index (χ2n) is 7.53. The standard InChI is InChI=1S/C22H25N3O3S2/c1-23-21(26)20-19(18-10-5-12-24-22(18)29-20)17-11-13-25(15-17)30(27,28)14-6-9-16-7-3-2-4-8-16/h2-5,7-8,10,12,17H,6,9,11,13-15H2,1H3,(H,23,26). The Balaban J connectivity index is 1.49. The van der Waals surface area contributed by atoms with Crippen LogP contribution < -0.4 is 5.32 Å². The summed E-state index contributed by atoms with van der Waals surface area (Å²) in [5, 5.41) is 3.66. The lowest BCUT2D eigenvalue weighted by molar-refractivity contribution is 0.0966. The minimum atomic E-state index is -3.33. The molecule has 6 nitrogen and oxygen atoms in total. The van der Waals surface area contributed by atoms with E-state index in [2.05, 4.69) is 10.3 Å². The van der Waals surface area contributed by atoms with Crippen LogP contribution in [0.4, 0.5) is 0 Å². The third-order valence-corrected chi connectivity index (χ3v) is 8.65. The quantitative estimate of drug-likeness (QED) is 0.607. The molecule has 1 aromatic carbocycles. The molecule has 0 radical (unpaired) electrons. The van der Waals surface area contributed by atoms with Gasteiger partial charge in [-0.05, 0) is 36.5 Å². The topological polar surface area (TPSA) is 79.4 Å². The minimum absolute atomic E-state index is 0.000789. The van der Waals surface area contributed by atoms with Gasteiger partial charge in [-0.15, -0.1) is 11.3 Å². The third kappa shape index (κ3) is 4.26. The lowest BCUT2D eigenvalue weighted by Crippen LogP contribution is -2.31. The van der Waals surface area contributed by atoms with Gasteiger partial charge in [0.15, 0.2) is 0 Å². The van der Waals surface area contributed by atoms with E-state index in [0.717, 1.165) is 27.8 Å². The molecule has 1 aliphatic heterocycles. The normalized spacial score (nSPS) is 17.4. The van der Waals surface area contributed by atoms with E-state index in [0.29, 0.717) is 30.8 Å². The largest absolute Gasteiger partial charge is 0.354 e. The molecule has 0 bridgehead atoms. The van der Waals surface area contributed by atoms with Crippen LogP contribution in [0.25, 0.3) is 10.2 Å². The second-order valence-corrected chi connectivity index (χ2v) is 10.6. The Morgan fingerprint density at radius 1 is 1.23 bits per heavy atom. The van der Waals surface area contributed by atoms with Crippen LogP contribution in [0.5, 0.6) is 0 Å².